The minimum absolute atomic E-state index is 0.0452. The number of hydrogen-bond donors (Lipinski definition) is 1. The molecular formula is C18H15ClFNO5S. The predicted molar refractivity (Wildman–Crippen MR) is 98.0 cm³/mol. The monoisotopic (exact) mass is 411 g/mol. The normalized spacial score (nSPS) is 12.4. The van der Waals surface area contributed by atoms with E-state index >= 15 is 0 Å². The van der Waals surface area contributed by atoms with Gasteiger partial charge in [0.05, 0.1) is 23.3 Å². The molecule has 1 aromatic heterocycles. The van der Waals surface area contributed by atoms with Crippen LogP contribution in [-0.4, -0.2) is 31.6 Å². The SMILES string of the molecule is COC(=O)c1c(NC(=O)COC(=O)c2ccc(F)cc2Cl)sc2c1CCC2. The van der Waals surface area contributed by atoms with Crippen molar-refractivity contribution in [1.82, 2.24) is 0 Å². The van der Waals surface area contributed by atoms with E-state index in [1.54, 1.807) is 0 Å². The van der Waals surface area contributed by atoms with Crippen molar-refractivity contribution in [3.8, 4) is 0 Å². The molecule has 1 heterocycles. The van der Waals surface area contributed by atoms with Crippen molar-refractivity contribution in [2.24, 2.45) is 0 Å². The zero-order chi connectivity index (χ0) is 19.6. The van der Waals surface area contributed by atoms with E-state index < -0.39 is 30.3 Å². The summed E-state index contributed by atoms with van der Waals surface area (Å²) in [5.41, 5.74) is 1.21. The van der Waals surface area contributed by atoms with Crippen LogP contribution in [0, 0.1) is 5.82 Å². The number of fused-ring (bicyclic) bond motifs is 1. The number of carbonyl (C=O) groups is 3. The number of ether oxygens (including phenoxy) is 2. The van der Waals surface area contributed by atoms with Gasteiger partial charge in [-0.25, -0.2) is 14.0 Å². The van der Waals surface area contributed by atoms with Crippen LogP contribution in [0.3, 0.4) is 0 Å². The molecule has 1 aliphatic rings. The second-order valence-electron chi connectivity index (χ2n) is 5.80. The maximum absolute atomic E-state index is 13.0. The number of carbonyl (C=O) groups excluding carboxylic acids is 3. The van der Waals surface area contributed by atoms with Gasteiger partial charge in [-0.15, -0.1) is 11.3 Å². The molecule has 9 heteroatoms. The van der Waals surface area contributed by atoms with E-state index in [1.807, 2.05) is 0 Å². The minimum Gasteiger partial charge on any atom is -0.465 e. The second-order valence-corrected chi connectivity index (χ2v) is 7.31. The maximum atomic E-state index is 13.0. The Hall–Kier alpha value is -2.45. The summed E-state index contributed by atoms with van der Waals surface area (Å²) in [6.07, 6.45) is 2.55. The van der Waals surface area contributed by atoms with E-state index in [4.69, 9.17) is 21.1 Å². The molecule has 27 heavy (non-hydrogen) atoms. The highest BCUT2D eigenvalue weighted by atomic mass is 35.5. The highest BCUT2D eigenvalue weighted by Gasteiger charge is 2.28. The number of anilines is 1. The molecule has 1 aliphatic carbocycles. The maximum Gasteiger partial charge on any atom is 0.341 e. The van der Waals surface area contributed by atoms with Gasteiger partial charge in [-0.2, -0.15) is 0 Å². The quantitative estimate of drug-likeness (QED) is 0.760. The molecule has 2 aromatic rings. The van der Waals surface area contributed by atoms with Gasteiger partial charge >= 0.3 is 11.9 Å². The van der Waals surface area contributed by atoms with Crippen LogP contribution in [0.15, 0.2) is 18.2 Å². The molecule has 0 saturated carbocycles. The summed E-state index contributed by atoms with van der Waals surface area (Å²) >= 11 is 7.11. The van der Waals surface area contributed by atoms with Crippen molar-refractivity contribution >= 4 is 45.8 Å². The number of rotatable bonds is 5. The molecule has 0 aliphatic heterocycles. The van der Waals surface area contributed by atoms with E-state index in [2.05, 4.69) is 5.32 Å². The van der Waals surface area contributed by atoms with Crippen LogP contribution in [0.2, 0.25) is 5.02 Å². The van der Waals surface area contributed by atoms with Crippen LogP contribution < -0.4 is 5.32 Å². The fraction of sp³-hybridized carbons (Fsp3) is 0.278. The molecule has 0 saturated heterocycles. The zero-order valence-electron chi connectivity index (χ0n) is 14.3. The van der Waals surface area contributed by atoms with Crippen molar-refractivity contribution in [2.75, 3.05) is 19.0 Å². The van der Waals surface area contributed by atoms with Crippen molar-refractivity contribution < 1.29 is 28.2 Å². The van der Waals surface area contributed by atoms with Gasteiger partial charge < -0.3 is 14.8 Å². The fourth-order valence-corrected chi connectivity index (χ4v) is 4.37. The minimum atomic E-state index is -0.850. The summed E-state index contributed by atoms with van der Waals surface area (Å²) in [5, 5.41) is 2.87. The number of halogens is 2. The van der Waals surface area contributed by atoms with Gasteiger partial charge in [-0.05, 0) is 43.0 Å². The van der Waals surface area contributed by atoms with Gasteiger partial charge in [0.1, 0.15) is 10.8 Å². The molecule has 1 amide bonds. The van der Waals surface area contributed by atoms with Crippen molar-refractivity contribution in [3.05, 3.63) is 50.6 Å². The Kier molecular flexibility index (Phi) is 5.76. The summed E-state index contributed by atoms with van der Waals surface area (Å²) in [6, 6.07) is 3.23. The van der Waals surface area contributed by atoms with Gasteiger partial charge in [-0.1, -0.05) is 11.6 Å². The first-order valence-electron chi connectivity index (χ1n) is 8.05. The lowest BCUT2D eigenvalue weighted by molar-refractivity contribution is -0.119. The van der Waals surface area contributed by atoms with Crippen LogP contribution in [-0.2, 0) is 27.1 Å². The summed E-state index contributed by atoms with van der Waals surface area (Å²) in [6.45, 7) is -0.574. The Morgan fingerprint density at radius 3 is 2.74 bits per heavy atom. The summed E-state index contributed by atoms with van der Waals surface area (Å²) in [4.78, 5) is 37.2. The molecule has 142 valence electrons. The van der Waals surface area contributed by atoms with Gasteiger partial charge in [0.15, 0.2) is 6.61 Å². The molecule has 0 unspecified atom stereocenters. The van der Waals surface area contributed by atoms with Crippen LogP contribution in [0.5, 0.6) is 0 Å². The average Bonchev–Trinajstić information content (AvgIpc) is 3.19. The number of hydrogen-bond acceptors (Lipinski definition) is 6. The first kappa shape index (κ1) is 19.3. The summed E-state index contributed by atoms with van der Waals surface area (Å²) in [7, 11) is 1.28. The Morgan fingerprint density at radius 2 is 2.04 bits per heavy atom. The van der Waals surface area contributed by atoms with Gasteiger partial charge in [-0.3, -0.25) is 4.79 Å². The molecule has 0 fully saturated rings. The number of esters is 2. The highest BCUT2D eigenvalue weighted by Crippen LogP contribution is 2.39. The van der Waals surface area contributed by atoms with Gasteiger partial charge in [0.25, 0.3) is 5.91 Å². The fourth-order valence-electron chi connectivity index (χ4n) is 2.84. The standard InChI is InChI=1S/C18H15ClFNO5S/c1-25-18(24)15-11-3-2-4-13(11)27-16(15)21-14(22)8-26-17(23)10-6-5-9(20)7-12(10)19/h5-7H,2-4,8H2,1H3,(H,21,22). The van der Waals surface area contributed by atoms with Crippen molar-refractivity contribution in [2.45, 2.75) is 19.3 Å². The molecule has 0 bridgehead atoms. The Morgan fingerprint density at radius 1 is 1.26 bits per heavy atom. The Bertz CT molecular complexity index is 927. The van der Waals surface area contributed by atoms with E-state index in [1.165, 1.54) is 24.5 Å². The highest BCUT2D eigenvalue weighted by molar-refractivity contribution is 7.17. The summed E-state index contributed by atoms with van der Waals surface area (Å²) in [5.74, 6) is -2.56. The third kappa shape index (κ3) is 4.12. The Balaban J connectivity index is 1.66. The molecule has 0 atom stereocenters. The molecule has 6 nitrogen and oxygen atoms in total. The first-order chi connectivity index (χ1) is 12.9. The number of nitrogens with one attached hydrogen (secondary N) is 1. The molecule has 1 aromatic carbocycles. The summed E-state index contributed by atoms with van der Waals surface area (Å²) < 4.78 is 22.8. The number of thiophene rings is 1. The average molecular weight is 412 g/mol. The lowest BCUT2D eigenvalue weighted by atomic mass is 10.1. The Labute approximate surface area is 163 Å². The third-order valence-corrected chi connectivity index (χ3v) is 5.57. The topological polar surface area (TPSA) is 81.7 Å². The van der Waals surface area contributed by atoms with Gasteiger partial charge in [0.2, 0.25) is 0 Å². The predicted octanol–water partition coefficient (Wildman–Crippen LogP) is 3.61. The van der Waals surface area contributed by atoms with Crippen LogP contribution in [0.25, 0.3) is 0 Å². The molecule has 0 radical (unpaired) electrons. The number of aryl methyl sites for hydroxylation is 1. The molecule has 0 spiro atoms. The van der Waals surface area contributed by atoms with E-state index in [0.29, 0.717) is 10.6 Å². The number of methoxy groups -OCH3 is 1. The van der Waals surface area contributed by atoms with E-state index in [9.17, 15) is 18.8 Å². The van der Waals surface area contributed by atoms with E-state index in [0.717, 1.165) is 41.8 Å². The lowest BCUT2D eigenvalue weighted by Gasteiger charge is -2.08. The number of benzene rings is 1. The third-order valence-electron chi connectivity index (χ3n) is 4.05. The van der Waals surface area contributed by atoms with Crippen LogP contribution in [0.4, 0.5) is 9.39 Å². The molecule has 3 rings (SSSR count). The van der Waals surface area contributed by atoms with E-state index in [-0.39, 0.29) is 10.6 Å². The van der Waals surface area contributed by atoms with Crippen LogP contribution in [0.1, 0.15) is 37.6 Å². The smallest absolute Gasteiger partial charge is 0.341 e. The zero-order valence-corrected chi connectivity index (χ0v) is 15.8. The molecular weight excluding hydrogens is 397 g/mol. The number of amides is 1. The van der Waals surface area contributed by atoms with Crippen LogP contribution >= 0.6 is 22.9 Å². The first-order valence-corrected chi connectivity index (χ1v) is 9.25. The van der Waals surface area contributed by atoms with Gasteiger partial charge in [0, 0.05) is 4.88 Å². The van der Waals surface area contributed by atoms with Crippen molar-refractivity contribution in [3.63, 3.8) is 0 Å². The lowest BCUT2D eigenvalue weighted by Crippen LogP contribution is -2.22. The molecule has 1 N–H and O–H groups in total. The van der Waals surface area contributed by atoms with Crippen molar-refractivity contribution in [1.29, 1.82) is 0 Å². The largest absolute Gasteiger partial charge is 0.465 e. The second kappa shape index (κ2) is 8.06.